The van der Waals surface area contributed by atoms with E-state index in [1.807, 2.05) is 24.0 Å². The zero-order valence-electron chi connectivity index (χ0n) is 11.4. The molecule has 1 amide bonds. The van der Waals surface area contributed by atoms with E-state index in [1.165, 1.54) is 0 Å². The van der Waals surface area contributed by atoms with E-state index in [0.29, 0.717) is 23.2 Å². The highest BCUT2D eigenvalue weighted by atomic mass is 16.2. The zero-order valence-corrected chi connectivity index (χ0v) is 11.4. The Labute approximate surface area is 109 Å². The van der Waals surface area contributed by atoms with E-state index >= 15 is 0 Å². The van der Waals surface area contributed by atoms with Crippen molar-refractivity contribution in [3.05, 3.63) is 29.3 Å². The van der Waals surface area contributed by atoms with E-state index in [0.717, 1.165) is 24.9 Å². The molecule has 1 aromatic carbocycles. The van der Waals surface area contributed by atoms with E-state index in [4.69, 9.17) is 5.73 Å². The van der Waals surface area contributed by atoms with Gasteiger partial charge in [0.1, 0.15) is 0 Å². The van der Waals surface area contributed by atoms with Gasteiger partial charge in [-0.1, -0.05) is 26.0 Å². The number of benzene rings is 1. The van der Waals surface area contributed by atoms with Crippen molar-refractivity contribution in [1.29, 1.82) is 0 Å². The predicted molar refractivity (Wildman–Crippen MR) is 74.5 cm³/mol. The van der Waals surface area contributed by atoms with E-state index < -0.39 is 0 Å². The third-order valence-electron chi connectivity index (χ3n) is 3.33. The number of hydrogen-bond acceptors (Lipinski definition) is 2. The van der Waals surface area contributed by atoms with Gasteiger partial charge in [-0.2, -0.15) is 0 Å². The third-order valence-corrected chi connectivity index (χ3v) is 3.33. The number of nitrogens with two attached hydrogens (primary N) is 1. The summed E-state index contributed by atoms with van der Waals surface area (Å²) in [6.45, 7) is 7.05. The third kappa shape index (κ3) is 2.66. The van der Waals surface area contributed by atoms with Crippen LogP contribution in [-0.4, -0.2) is 23.4 Å². The van der Waals surface area contributed by atoms with Crippen molar-refractivity contribution in [3.8, 4) is 0 Å². The fourth-order valence-corrected chi connectivity index (χ4v) is 2.30. The second-order valence-electron chi connectivity index (χ2n) is 5.62. The maximum atomic E-state index is 12.6. The second kappa shape index (κ2) is 5.01. The molecule has 98 valence electrons. The number of carbonyl (C=O) groups is 1. The summed E-state index contributed by atoms with van der Waals surface area (Å²) in [7, 11) is 0. The van der Waals surface area contributed by atoms with E-state index in [1.54, 1.807) is 6.07 Å². The summed E-state index contributed by atoms with van der Waals surface area (Å²) >= 11 is 0. The number of rotatable bonds is 4. The lowest BCUT2D eigenvalue weighted by Gasteiger charge is -2.25. The van der Waals surface area contributed by atoms with E-state index in [-0.39, 0.29) is 5.91 Å². The first kappa shape index (κ1) is 12.9. The molecule has 0 saturated heterocycles. The SMILES string of the molecule is Cc1cccc(N)c1C(=O)N(CC(C)C)C1CC1. The molecule has 1 saturated carbocycles. The molecule has 3 heteroatoms. The van der Waals surface area contributed by atoms with Crippen LogP contribution in [0.15, 0.2) is 18.2 Å². The molecule has 0 aliphatic heterocycles. The summed E-state index contributed by atoms with van der Waals surface area (Å²) in [6.07, 6.45) is 2.26. The number of aryl methyl sites for hydroxylation is 1. The summed E-state index contributed by atoms with van der Waals surface area (Å²) in [5, 5.41) is 0. The maximum absolute atomic E-state index is 12.6. The Morgan fingerprint density at radius 2 is 2.11 bits per heavy atom. The van der Waals surface area contributed by atoms with Crippen LogP contribution in [0.5, 0.6) is 0 Å². The fourth-order valence-electron chi connectivity index (χ4n) is 2.30. The van der Waals surface area contributed by atoms with Gasteiger partial charge in [-0.25, -0.2) is 0 Å². The summed E-state index contributed by atoms with van der Waals surface area (Å²) < 4.78 is 0. The molecule has 1 aliphatic carbocycles. The van der Waals surface area contributed by atoms with Crippen molar-refractivity contribution in [1.82, 2.24) is 4.90 Å². The predicted octanol–water partition coefficient (Wildman–Crippen LogP) is 2.84. The molecule has 0 unspecified atom stereocenters. The normalized spacial score (nSPS) is 14.9. The molecule has 1 aliphatic rings. The van der Waals surface area contributed by atoms with Crippen LogP contribution in [0.4, 0.5) is 5.69 Å². The molecular weight excluding hydrogens is 224 g/mol. The van der Waals surface area contributed by atoms with Gasteiger partial charge in [-0.15, -0.1) is 0 Å². The number of carbonyl (C=O) groups excluding carboxylic acids is 1. The number of anilines is 1. The van der Waals surface area contributed by atoms with Crippen molar-refractivity contribution in [2.45, 2.75) is 39.7 Å². The largest absolute Gasteiger partial charge is 0.398 e. The topological polar surface area (TPSA) is 46.3 Å². The minimum absolute atomic E-state index is 0.0989. The summed E-state index contributed by atoms with van der Waals surface area (Å²) in [5.41, 5.74) is 8.21. The highest BCUT2D eigenvalue weighted by Gasteiger charge is 2.34. The van der Waals surface area contributed by atoms with Crippen LogP contribution >= 0.6 is 0 Å². The fraction of sp³-hybridized carbons (Fsp3) is 0.533. The van der Waals surface area contributed by atoms with Crippen LogP contribution in [0.3, 0.4) is 0 Å². The molecule has 0 atom stereocenters. The molecule has 2 rings (SSSR count). The average molecular weight is 246 g/mol. The Morgan fingerprint density at radius 1 is 1.44 bits per heavy atom. The Hall–Kier alpha value is -1.51. The first-order valence-electron chi connectivity index (χ1n) is 6.66. The van der Waals surface area contributed by atoms with Crippen molar-refractivity contribution in [3.63, 3.8) is 0 Å². The van der Waals surface area contributed by atoms with Crippen molar-refractivity contribution in [2.75, 3.05) is 12.3 Å². The lowest BCUT2D eigenvalue weighted by atomic mass is 10.0. The smallest absolute Gasteiger partial charge is 0.256 e. The van der Waals surface area contributed by atoms with E-state index in [9.17, 15) is 4.79 Å². The van der Waals surface area contributed by atoms with E-state index in [2.05, 4.69) is 13.8 Å². The van der Waals surface area contributed by atoms with Gasteiger partial charge in [0.05, 0.1) is 5.56 Å². The van der Waals surface area contributed by atoms with Crippen LogP contribution in [0.2, 0.25) is 0 Å². The Balaban J connectivity index is 2.27. The lowest BCUT2D eigenvalue weighted by Crippen LogP contribution is -2.36. The lowest BCUT2D eigenvalue weighted by molar-refractivity contribution is 0.0723. The summed E-state index contributed by atoms with van der Waals surface area (Å²) in [5.74, 6) is 0.585. The number of hydrogen-bond donors (Lipinski definition) is 1. The van der Waals surface area contributed by atoms with Crippen molar-refractivity contribution in [2.24, 2.45) is 5.92 Å². The molecule has 0 heterocycles. The van der Waals surface area contributed by atoms with Gasteiger partial charge < -0.3 is 10.6 Å². The van der Waals surface area contributed by atoms with Crippen LogP contribution in [0, 0.1) is 12.8 Å². The number of nitrogens with zero attached hydrogens (tertiary/aromatic N) is 1. The van der Waals surface area contributed by atoms with Crippen molar-refractivity contribution >= 4 is 11.6 Å². The first-order valence-corrected chi connectivity index (χ1v) is 6.66. The molecule has 0 aromatic heterocycles. The van der Waals surface area contributed by atoms with Gasteiger partial charge in [0.2, 0.25) is 0 Å². The highest BCUT2D eigenvalue weighted by molar-refractivity contribution is 6.00. The van der Waals surface area contributed by atoms with Gasteiger partial charge in [0.25, 0.3) is 5.91 Å². The second-order valence-corrected chi connectivity index (χ2v) is 5.62. The molecule has 1 aromatic rings. The van der Waals surface area contributed by atoms with Crippen LogP contribution < -0.4 is 5.73 Å². The van der Waals surface area contributed by atoms with Gasteiger partial charge in [0, 0.05) is 18.3 Å². The zero-order chi connectivity index (χ0) is 13.3. The highest BCUT2D eigenvalue weighted by Crippen LogP contribution is 2.30. The van der Waals surface area contributed by atoms with Crippen molar-refractivity contribution < 1.29 is 4.79 Å². The summed E-state index contributed by atoms with van der Waals surface area (Å²) in [4.78, 5) is 14.7. The Kier molecular flexibility index (Phi) is 3.60. The Morgan fingerprint density at radius 3 is 2.61 bits per heavy atom. The number of nitrogen functional groups attached to an aromatic ring is 1. The average Bonchev–Trinajstić information content (AvgIpc) is 3.09. The van der Waals surface area contributed by atoms with Crippen LogP contribution in [0.25, 0.3) is 0 Å². The summed E-state index contributed by atoms with van der Waals surface area (Å²) in [6, 6.07) is 6.08. The molecular formula is C15H22N2O. The molecule has 2 N–H and O–H groups in total. The monoisotopic (exact) mass is 246 g/mol. The van der Waals surface area contributed by atoms with Gasteiger partial charge in [-0.3, -0.25) is 4.79 Å². The standard InChI is InChI=1S/C15H22N2O/c1-10(2)9-17(12-7-8-12)15(18)14-11(3)5-4-6-13(14)16/h4-6,10,12H,7-9,16H2,1-3H3. The minimum atomic E-state index is 0.0989. The molecule has 3 nitrogen and oxygen atoms in total. The molecule has 0 bridgehead atoms. The minimum Gasteiger partial charge on any atom is -0.398 e. The first-order chi connectivity index (χ1) is 8.50. The molecule has 0 spiro atoms. The van der Waals surface area contributed by atoms with Crippen LogP contribution in [0.1, 0.15) is 42.6 Å². The van der Waals surface area contributed by atoms with Gasteiger partial charge in [-0.05, 0) is 37.3 Å². The molecule has 18 heavy (non-hydrogen) atoms. The number of amides is 1. The molecule has 0 radical (unpaired) electrons. The van der Waals surface area contributed by atoms with Gasteiger partial charge in [0.15, 0.2) is 0 Å². The Bertz CT molecular complexity index is 430. The van der Waals surface area contributed by atoms with Gasteiger partial charge >= 0.3 is 0 Å². The molecule has 1 fully saturated rings. The maximum Gasteiger partial charge on any atom is 0.256 e. The van der Waals surface area contributed by atoms with Crippen LogP contribution in [-0.2, 0) is 0 Å². The quantitative estimate of drug-likeness (QED) is 0.830.